The lowest BCUT2D eigenvalue weighted by Gasteiger charge is -2.32. The van der Waals surface area contributed by atoms with Crippen LogP contribution in [-0.2, 0) is 14.8 Å². The number of carbonyl (C=O) groups excluding carboxylic acids is 1. The molecule has 21 heavy (non-hydrogen) atoms. The van der Waals surface area contributed by atoms with Gasteiger partial charge in [-0.15, -0.1) is 0 Å². The third kappa shape index (κ3) is 3.19. The third-order valence-electron chi connectivity index (χ3n) is 3.40. The van der Waals surface area contributed by atoms with Crippen LogP contribution in [0.25, 0.3) is 0 Å². The highest BCUT2D eigenvalue weighted by molar-refractivity contribution is 7.89. The summed E-state index contributed by atoms with van der Waals surface area (Å²) >= 11 is 0. The van der Waals surface area contributed by atoms with Crippen LogP contribution in [0.1, 0.15) is 12.8 Å². The monoisotopic (exact) mass is 313 g/mol. The number of nitro groups is 1. The minimum atomic E-state index is -3.85. The van der Waals surface area contributed by atoms with Gasteiger partial charge in [0.2, 0.25) is 10.0 Å². The Morgan fingerprint density at radius 1 is 1.29 bits per heavy atom. The van der Waals surface area contributed by atoms with Crippen molar-refractivity contribution in [3.63, 3.8) is 0 Å². The van der Waals surface area contributed by atoms with Gasteiger partial charge in [-0.25, -0.2) is 8.42 Å². The van der Waals surface area contributed by atoms with Crippen molar-refractivity contribution in [3.8, 4) is 0 Å². The van der Waals surface area contributed by atoms with Crippen molar-refractivity contribution in [1.82, 2.24) is 4.31 Å². The quantitative estimate of drug-likeness (QED) is 0.558. The number of piperidine rings is 1. The molecule has 0 amide bonds. The summed E-state index contributed by atoms with van der Waals surface area (Å²) < 4.78 is 25.8. The van der Waals surface area contributed by atoms with Gasteiger partial charge >= 0.3 is 0 Å². The molecule has 1 fully saturated rings. The normalized spacial score (nSPS) is 20.1. The van der Waals surface area contributed by atoms with E-state index in [1.165, 1.54) is 0 Å². The molecule has 0 radical (unpaired) electrons. The Morgan fingerprint density at radius 2 is 1.90 bits per heavy atom. The number of carboxylic acid groups (broad SMARTS) is 1. The number of nitro benzene ring substituents is 1. The smallest absolute Gasteiger partial charge is 0.269 e. The Balaban J connectivity index is 2.24. The first-order valence-electron chi connectivity index (χ1n) is 6.28. The predicted octanol–water partition coefficient (Wildman–Crippen LogP) is -0.255. The van der Waals surface area contributed by atoms with Gasteiger partial charge in [0.25, 0.3) is 5.69 Å². The molecule has 0 aliphatic carbocycles. The fraction of sp³-hybridized carbons (Fsp3) is 0.417. The molecule has 9 heteroatoms. The summed E-state index contributed by atoms with van der Waals surface area (Å²) in [6.45, 7) is 0.0881. The minimum Gasteiger partial charge on any atom is -0.550 e. The Morgan fingerprint density at radius 3 is 2.43 bits per heavy atom. The van der Waals surface area contributed by atoms with E-state index in [9.17, 15) is 28.4 Å². The Bertz CT molecular complexity index is 655. The number of non-ortho nitro benzene ring substituents is 1. The second-order valence-corrected chi connectivity index (χ2v) is 6.71. The molecule has 0 spiro atoms. The summed E-state index contributed by atoms with van der Waals surface area (Å²) in [5, 5.41) is 21.4. The van der Waals surface area contributed by atoms with E-state index in [2.05, 4.69) is 0 Å². The Labute approximate surface area is 121 Å². The Hall–Kier alpha value is -2.00. The van der Waals surface area contributed by atoms with Crippen LogP contribution in [-0.4, -0.2) is 36.7 Å². The van der Waals surface area contributed by atoms with Crippen LogP contribution < -0.4 is 5.11 Å². The van der Waals surface area contributed by atoms with Gasteiger partial charge in [-0.05, 0) is 25.0 Å². The predicted molar refractivity (Wildman–Crippen MR) is 69.6 cm³/mol. The molecule has 114 valence electrons. The highest BCUT2D eigenvalue weighted by atomic mass is 32.2. The topological polar surface area (TPSA) is 121 Å². The van der Waals surface area contributed by atoms with Crippen molar-refractivity contribution in [2.45, 2.75) is 17.7 Å². The van der Waals surface area contributed by atoms with Gasteiger partial charge in [-0.3, -0.25) is 10.1 Å². The molecular weight excluding hydrogens is 300 g/mol. The van der Waals surface area contributed by atoms with E-state index in [1.54, 1.807) is 0 Å². The molecule has 0 aromatic heterocycles. The molecule has 1 aromatic carbocycles. The summed E-state index contributed by atoms with van der Waals surface area (Å²) in [6.07, 6.45) is 0.819. The standard InChI is InChI=1S/C12H14N2O6S/c15-12(16)9-2-1-7-13(8-9)21(19,20)11-5-3-10(4-6-11)14(17)18/h3-6,9H,1-2,7-8H2,(H,15,16)/p-1/t9-/m0/s1. The van der Waals surface area contributed by atoms with E-state index in [1.807, 2.05) is 0 Å². The first kappa shape index (κ1) is 15.4. The number of carboxylic acids is 1. The van der Waals surface area contributed by atoms with Crippen LogP contribution in [0.15, 0.2) is 29.2 Å². The van der Waals surface area contributed by atoms with Crippen molar-refractivity contribution in [1.29, 1.82) is 0 Å². The molecule has 8 nitrogen and oxygen atoms in total. The maximum atomic E-state index is 12.4. The van der Waals surface area contributed by atoms with Gasteiger partial charge in [0.1, 0.15) is 0 Å². The van der Waals surface area contributed by atoms with Crippen LogP contribution in [0.2, 0.25) is 0 Å². The zero-order valence-electron chi connectivity index (χ0n) is 11.0. The number of rotatable bonds is 4. The SMILES string of the molecule is O=C([O-])[C@H]1CCCN(S(=O)(=O)c2ccc([N+](=O)[O-])cc2)C1. The van der Waals surface area contributed by atoms with Crippen molar-refractivity contribution in [2.24, 2.45) is 5.92 Å². The van der Waals surface area contributed by atoms with Crippen molar-refractivity contribution in [2.75, 3.05) is 13.1 Å². The van der Waals surface area contributed by atoms with Gasteiger partial charge in [-0.1, -0.05) is 0 Å². The van der Waals surface area contributed by atoms with Crippen LogP contribution in [0.4, 0.5) is 5.69 Å². The highest BCUT2D eigenvalue weighted by Gasteiger charge is 2.30. The minimum absolute atomic E-state index is 0.0907. The molecule has 1 aliphatic rings. The largest absolute Gasteiger partial charge is 0.550 e. The average Bonchev–Trinajstić information content (AvgIpc) is 2.47. The number of aliphatic carboxylic acids is 1. The number of nitrogens with zero attached hydrogens (tertiary/aromatic N) is 2. The second kappa shape index (κ2) is 5.78. The molecule has 0 saturated carbocycles. The van der Waals surface area contributed by atoms with Gasteiger partial charge in [-0.2, -0.15) is 4.31 Å². The molecule has 0 unspecified atom stereocenters. The lowest BCUT2D eigenvalue weighted by Crippen LogP contribution is -2.46. The molecule has 0 bridgehead atoms. The number of hydrogen-bond donors (Lipinski definition) is 0. The number of benzene rings is 1. The van der Waals surface area contributed by atoms with E-state index in [0.29, 0.717) is 12.8 Å². The van der Waals surface area contributed by atoms with Gasteiger partial charge in [0, 0.05) is 37.1 Å². The summed E-state index contributed by atoms with van der Waals surface area (Å²) in [4.78, 5) is 20.7. The molecule has 1 heterocycles. The summed E-state index contributed by atoms with van der Waals surface area (Å²) in [5.74, 6) is -2.09. The lowest BCUT2D eigenvalue weighted by atomic mass is 10.0. The zero-order chi connectivity index (χ0) is 15.6. The fourth-order valence-electron chi connectivity index (χ4n) is 2.24. The maximum absolute atomic E-state index is 12.4. The molecule has 1 aliphatic heterocycles. The molecule has 1 atom stereocenters. The number of sulfonamides is 1. The van der Waals surface area contributed by atoms with Crippen molar-refractivity contribution < 1.29 is 23.2 Å². The van der Waals surface area contributed by atoms with Gasteiger partial charge in [0.05, 0.1) is 9.82 Å². The first-order chi connectivity index (χ1) is 9.82. The highest BCUT2D eigenvalue weighted by Crippen LogP contribution is 2.24. The molecule has 2 rings (SSSR count). The van der Waals surface area contributed by atoms with E-state index in [-0.39, 0.29) is 23.7 Å². The summed E-state index contributed by atoms with van der Waals surface area (Å²) in [6, 6.07) is 4.51. The van der Waals surface area contributed by atoms with Gasteiger partial charge < -0.3 is 9.90 Å². The molecule has 1 aromatic rings. The first-order valence-corrected chi connectivity index (χ1v) is 7.72. The van der Waals surface area contributed by atoms with E-state index in [4.69, 9.17) is 0 Å². The van der Waals surface area contributed by atoms with Crippen LogP contribution >= 0.6 is 0 Å². The van der Waals surface area contributed by atoms with E-state index in [0.717, 1.165) is 28.6 Å². The third-order valence-corrected chi connectivity index (χ3v) is 5.28. The van der Waals surface area contributed by atoms with Crippen LogP contribution in [0.3, 0.4) is 0 Å². The zero-order valence-corrected chi connectivity index (χ0v) is 11.8. The summed E-state index contributed by atoms with van der Waals surface area (Å²) in [5.41, 5.74) is -0.208. The van der Waals surface area contributed by atoms with Crippen molar-refractivity contribution >= 4 is 21.7 Å². The molecular formula is C12H13N2O6S-. The van der Waals surface area contributed by atoms with E-state index < -0.39 is 26.8 Å². The Kier molecular flexibility index (Phi) is 4.24. The van der Waals surface area contributed by atoms with Gasteiger partial charge in [0.15, 0.2) is 0 Å². The van der Waals surface area contributed by atoms with Crippen LogP contribution in [0.5, 0.6) is 0 Å². The summed E-state index contributed by atoms with van der Waals surface area (Å²) in [7, 11) is -3.85. The van der Waals surface area contributed by atoms with Crippen molar-refractivity contribution in [3.05, 3.63) is 34.4 Å². The van der Waals surface area contributed by atoms with E-state index >= 15 is 0 Å². The maximum Gasteiger partial charge on any atom is 0.269 e. The molecule has 1 saturated heterocycles. The average molecular weight is 313 g/mol. The lowest BCUT2D eigenvalue weighted by molar-refractivity contribution is -0.384. The molecule has 0 N–H and O–H groups in total. The fourth-order valence-corrected chi connectivity index (χ4v) is 3.77. The number of hydrogen-bond acceptors (Lipinski definition) is 6. The second-order valence-electron chi connectivity index (χ2n) is 4.77. The number of carbonyl (C=O) groups is 1. The van der Waals surface area contributed by atoms with Crippen LogP contribution in [0, 0.1) is 16.0 Å².